The summed E-state index contributed by atoms with van der Waals surface area (Å²) in [7, 11) is 1.63. The molecule has 0 spiro atoms. The number of halogens is 1. The number of aromatic nitrogens is 2. The molecule has 27 heavy (non-hydrogen) atoms. The van der Waals surface area contributed by atoms with Crippen LogP contribution in [0.5, 0.6) is 17.2 Å². The minimum atomic E-state index is -0.953. The summed E-state index contributed by atoms with van der Waals surface area (Å²) in [4.78, 5) is 8.33. The quantitative estimate of drug-likeness (QED) is 0.419. The Balaban J connectivity index is 2.32. The van der Waals surface area contributed by atoms with Gasteiger partial charge >= 0.3 is 0 Å². The standard InChI is InChI=1S/C18H25IN4O4/c1-10(2)11-5-14(26-4)12(19)6-13(11)27-15-7-21-17(22-16(15)20)23-18(3,8-24)9-25/h5-7,10,24-25H,8-9H2,1-4H3,(H3,20,21,22,23). The van der Waals surface area contributed by atoms with E-state index in [1.54, 1.807) is 14.0 Å². The predicted molar refractivity (Wildman–Crippen MR) is 113 cm³/mol. The average Bonchev–Trinajstić information content (AvgIpc) is 2.63. The molecule has 0 fully saturated rings. The number of rotatable bonds is 8. The Morgan fingerprint density at radius 2 is 1.89 bits per heavy atom. The molecule has 0 aliphatic rings. The Morgan fingerprint density at radius 3 is 2.41 bits per heavy atom. The Kier molecular flexibility index (Phi) is 7.06. The average molecular weight is 488 g/mol. The second kappa shape index (κ2) is 8.89. The maximum absolute atomic E-state index is 9.37. The van der Waals surface area contributed by atoms with Crippen LogP contribution in [-0.4, -0.2) is 46.0 Å². The summed E-state index contributed by atoms with van der Waals surface area (Å²) >= 11 is 2.18. The molecule has 2 rings (SSSR count). The number of benzene rings is 1. The van der Waals surface area contributed by atoms with Crippen molar-refractivity contribution < 1.29 is 19.7 Å². The van der Waals surface area contributed by atoms with Crippen molar-refractivity contribution in [2.75, 3.05) is 31.4 Å². The number of anilines is 2. The summed E-state index contributed by atoms with van der Waals surface area (Å²) in [5.41, 5.74) is 6.05. The molecule has 2 aromatic rings. The van der Waals surface area contributed by atoms with Crippen molar-refractivity contribution in [2.24, 2.45) is 0 Å². The molecule has 5 N–H and O–H groups in total. The molecular weight excluding hydrogens is 463 g/mol. The molecule has 0 saturated heterocycles. The summed E-state index contributed by atoms with van der Waals surface area (Å²) in [6, 6.07) is 3.83. The highest BCUT2D eigenvalue weighted by molar-refractivity contribution is 14.1. The summed E-state index contributed by atoms with van der Waals surface area (Å²) < 4.78 is 12.3. The maximum atomic E-state index is 9.37. The number of nitrogen functional groups attached to an aromatic ring is 1. The molecule has 0 radical (unpaired) electrons. The van der Waals surface area contributed by atoms with Crippen LogP contribution in [0.15, 0.2) is 18.3 Å². The van der Waals surface area contributed by atoms with Gasteiger partial charge in [-0.3, -0.25) is 0 Å². The second-order valence-electron chi connectivity index (χ2n) is 6.73. The van der Waals surface area contributed by atoms with Gasteiger partial charge in [-0.15, -0.1) is 0 Å². The molecule has 0 aliphatic carbocycles. The van der Waals surface area contributed by atoms with E-state index in [-0.39, 0.29) is 30.9 Å². The monoisotopic (exact) mass is 488 g/mol. The molecule has 1 aromatic carbocycles. The van der Waals surface area contributed by atoms with Gasteiger partial charge in [0.2, 0.25) is 5.95 Å². The van der Waals surface area contributed by atoms with Gasteiger partial charge in [0, 0.05) is 5.56 Å². The molecular formula is C18H25IN4O4. The van der Waals surface area contributed by atoms with Crippen molar-refractivity contribution in [1.82, 2.24) is 9.97 Å². The first kappa shape index (κ1) is 21.5. The number of nitrogens with two attached hydrogens (primary N) is 1. The van der Waals surface area contributed by atoms with Crippen LogP contribution in [0.3, 0.4) is 0 Å². The smallest absolute Gasteiger partial charge is 0.225 e. The molecule has 9 heteroatoms. The van der Waals surface area contributed by atoms with Gasteiger partial charge in [0.15, 0.2) is 11.6 Å². The van der Waals surface area contributed by atoms with E-state index < -0.39 is 5.54 Å². The van der Waals surface area contributed by atoms with E-state index >= 15 is 0 Å². The zero-order chi connectivity index (χ0) is 20.2. The number of ether oxygens (including phenoxy) is 2. The van der Waals surface area contributed by atoms with Gasteiger partial charge in [0.1, 0.15) is 11.5 Å². The lowest BCUT2D eigenvalue weighted by Crippen LogP contribution is -2.43. The van der Waals surface area contributed by atoms with Crippen molar-refractivity contribution in [3.63, 3.8) is 0 Å². The Hall–Kier alpha value is -1.85. The van der Waals surface area contributed by atoms with Gasteiger partial charge in [0.25, 0.3) is 0 Å². The molecule has 0 bridgehead atoms. The number of nitrogens with zero attached hydrogens (tertiary/aromatic N) is 2. The van der Waals surface area contributed by atoms with Crippen LogP contribution in [-0.2, 0) is 0 Å². The Bertz CT molecular complexity index is 797. The number of nitrogens with one attached hydrogen (secondary N) is 1. The highest BCUT2D eigenvalue weighted by Crippen LogP contribution is 2.37. The summed E-state index contributed by atoms with van der Waals surface area (Å²) in [6.07, 6.45) is 1.46. The predicted octanol–water partition coefficient (Wildman–Crippen LogP) is 2.74. The first-order chi connectivity index (χ1) is 12.7. The number of aliphatic hydroxyl groups is 2. The molecule has 148 valence electrons. The second-order valence-corrected chi connectivity index (χ2v) is 7.89. The fourth-order valence-electron chi connectivity index (χ4n) is 2.29. The van der Waals surface area contributed by atoms with Crippen LogP contribution >= 0.6 is 22.6 Å². The first-order valence-electron chi connectivity index (χ1n) is 8.40. The lowest BCUT2D eigenvalue weighted by atomic mass is 10.0. The Morgan fingerprint density at radius 1 is 1.22 bits per heavy atom. The third-order valence-electron chi connectivity index (χ3n) is 4.02. The molecule has 0 atom stereocenters. The summed E-state index contributed by atoms with van der Waals surface area (Å²) in [6.45, 7) is 5.20. The van der Waals surface area contributed by atoms with E-state index in [0.717, 1.165) is 14.9 Å². The van der Waals surface area contributed by atoms with E-state index in [1.165, 1.54) is 6.20 Å². The van der Waals surface area contributed by atoms with Crippen molar-refractivity contribution in [3.05, 3.63) is 27.5 Å². The van der Waals surface area contributed by atoms with Gasteiger partial charge in [-0.2, -0.15) is 4.98 Å². The summed E-state index contributed by atoms with van der Waals surface area (Å²) in [5.74, 6) is 2.30. The molecule has 0 saturated carbocycles. The molecule has 0 unspecified atom stereocenters. The first-order valence-corrected chi connectivity index (χ1v) is 9.48. The number of hydrogen-bond acceptors (Lipinski definition) is 8. The lowest BCUT2D eigenvalue weighted by molar-refractivity contribution is 0.147. The van der Waals surface area contributed by atoms with Gasteiger partial charge in [0.05, 0.1) is 35.6 Å². The van der Waals surface area contributed by atoms with Gasteiger partial charge < -0.3 is 30.7 Å². The number of aliphatic hydroxyl groups excluding tert-OH is 2. The number of hydrogen-bond donors (Lipinski definition) is 4. The SMILES string of the molecule is COc1cc(C(C)C)c(Oc2cnc(NC(C)(CO)CO)nc2N)cc1I. The highest BCUT2D eigenvalue weighted by Gasteiger charge is 2.24. The van der Waals surface area contributed by atoms with Crippen molar-refractivity contribution in [3.8, 4) is 17.2 Å². The molecule has 8 nitrogen and oxygen atoms in total. The molecule has 1 heterocycles. The lowest BCUT2D eigenvalue weighted by Gasteiger charge is -2.26. The maximum Gasteiger partial charge on any atom is 0.225 e. The van der Waals surface area contributed by atoms with Crippen LogP contribution in [0.2, 0.25) is 0 Å². The van der Waals surface area contributed by atoms with E-state index in [1.807, 2.05) is 12.1 Å². The van der Waals surface area contributed by atoms with Gasteiger partial charge in [-0.1, -0.05) is 13.8 Å². The van der Waals surface area contributed by atoms with E-state index in [0.29, 0.717) is 11.5 Å². The van der Waals surface area contributed by atoms with E-state index in [4.69, 9.17) is 15.2 Å². The zero-order valence-corrected chi connectivity index (χ0v) is 17.9. The highest BCUT2D eigenvalue weighted by atomic mass is 127. The molecule has 0 aliphatic heterocycles. The van der Waals surface area contributed by atoms with Crippen molar-refractivity contribution in [1.29, 1.82) is 0 Å². The van der Waals surface area contributed by atoms with Crippen molar-refractivity contribution in [2.45, 2.75) is 32.2 Å². The fourth-order valence-corrected chi connectivity index (χ4v) is 2.95. The Labute approximate surface area is 172 Å². The zero-order valence-electron chi connectivity index (χ0n) is 15.8. The summed E-state index contributed by atoms with van der Waals surface area (Å²) in [5, 5.41) is 21.6. The van der Waals surface area contributed by atoms with Gasteiger partial charge in [-0.25, -0.2) is 4.98 Å². The van der Waals surface area contributed by atoms with Crippen molar-refractivity contribution >= 4 is 34.4 Å². The van der Waals surface area contributed by atoms with Crippen LogP contribution in [0.1, 0.15) is 32.3 Å². The van der Waals surface area contributed by atoms with Crippen LogP contribution in [0, 0.1) is 3.57 Å². The topological polar surface area (TPSA) is 123 Å². The van der Waals surface area contributed by atoms with Crippen LogP contribution < -0.4 is 20.5 Å². The van der Waals surface area contributed by atoms with E-state index in [9.17, 15) is 10.2 Å². The normalized spacial score (nSPS) is 11.6. The molecule has 1 aromatic heterocycles. The minimum Gasteiger partial charge on any atom is -0.496 e. The third kappa shape index (κ3) is 5.11. The van der Waals surface area contributed by atoms with Crippen LogP contribution in [0.4, 0.5) is 11.8 Å². The van der Waals surface area contributed by atoms with Gasteiger partial charge in [-0.05, 0) is 47.6 Å². The number of methoxy groups -OCH3 is 1. The minimum absolute atomic E-state index is 0.145. The van der Waals surface area contributed by atoms with Crippen LogP contribution in [0.25, 0.3) is 0 Å². The molecule has 0 amide bonds. The third-order valence-corrected chi connectivity index (χ3v) is 4.86. The fraction of sp³-hybridized carbons (Fsp3) is 0.444. The van der Waals surface area contributed by atoms with E-state index in [2.05, 4.69) is 51.7 Å². The largest absolute Gasteiger partial charge is 0.496 e.